The van der Waals surface area contributed by atoms with Crippen LogP contribution in [0.25, 0.3) is 16.9 Å². The molecule has 0 unspecified atom stereocenters. The normalized spacial score (nSPS) is 18.6. The van der Waals surface area contributed by atoms with Crippen molar-refractivity contribution in [2.45, 2.75) is 57.0 Å². The number of nitrogens with zero attached hydrogens (tertiary/aromatic N) is 5. The molecule has 4 heterocycles. The van der Waals surface area contributed by atoms with E-state index in [4.69, 9.17) is 9.97 Å². The molecule has 172 valence electrons. The molecule has 2 saturated carbocycles. The number of nitrogens with one attached hydrogen (secondary N) is 2. The predicted molar refractivity (Wildman–Crippen MR) is 131 cm³/mol. The molecule has 1 aromatic carbocycles. The van der Waals surface area contributed by atoms with E-state index in [9.17, 15) is 4.79 Å². The van der Waals surface area contributed by atoms with E-state index in [0.29, 0.717) is 17.0 Å². The number of aromatic nitrogens is 5. The number of hydrogen-bond acceptors (Lipinski definition) is 6. The number of anilines is 2. The van der Waals surface area contributed by atoms with Crippen LogP contribution in [0.3, 0.4) is 0 Å². The maximum atomic E-state index is 13.3. The third kappa shape index (κ3) is 3.24. The largest absolute Gasteiger partial charge is 0.324 e. The molecule has 0 bridgehead atoms. The van der Waals surface area contributed by atoms with Gasteiger partial charge >= 0.3 is 0 Å². The number of rotatable bonds is 5. The minimum atomic E-state index is -0.0461. The van der Waals surface area contributed by atoms with Crippen molar-refractivity contribution in [2.75, 3.05) is 11.9 Å². The van der Waals surface area contributed by atoms with Crippen LogP contribution in [0, 0.1) is 0 Å². The Hall–Kier alpha value is -3.52. The van der Waals surface area contributed by atoms with Crippen molar-refractivity contribution in [1.29, 1.82) is 0 Å². The second kappa shape index (κ2) is 7.24. The average molecular weight is 454 g/mol. The summed E-state index contributed by atoms with van der Waals surface area (Å²) in [5.41, 5.74) is 5.41. The quantitative estimate of drug-likeness (QED) is 0.478. The fraction of sp³-hybridized carbons (Fsp3) is 0.385. The average Bonchev–Trinajstić information content (AvgIpc) is 3.80. The molecular weight excluding hydrogens is 426 g/mol. The summed E-state index contributed by atoms with van der Waals surface area (Å²) in [6.07, 6.45) is 6.95. The van der Waals surface area contributed by atoms with Gasteiger partial charge in [0.2, 0.25) is 5.95 Å². The predicted octanol–water partition coefficient (Wildman–Crippen LogP) is 3.75. The molecule has 8 heteroatoms. The summed E-state index contributed by atoms with van der Waals surface area (Å²) >= 11 is 0. The summed E-state index contributed by atoms with van der Waals surface area (Å²) in [7, 11) is 0. The molecule has 0 radical (unpaired) electrons. The summed E-state index contributed by atoms with van der Waals surface area (Å²) < 4.78 is 3.74. The first-order valence-electron chi connectivity index (χ1n) is 12.2. The van der Waals surface area contributed by atoms with Crippen molar-refractivity contribution >= 4 is 22.7 Å². The van der Waals surface area contributed by atoms with Crippen LogP contribution in [-0.2, 0) is 18.4 Å². The highest BCUT2D eigenvalue weighted by molar-refractivity contribution is 5.77. The lowest BCUT2D eigenvalue weighted by molar-refractivity contribution is 0.550. The number of benzene rings is 1. The fourth-order valence-corrected chi connectivity index (χ4v) is 4.93. The molecule has 0 amide bonds. The molecule has 2 fully saturated rings. The van der Waals surface area contributed by atoms with Crippen LogP contribution in [0.1, 0.15) is 55.5 Å². The highest BCUT2D eigenvalue weighted by Gasteiger charge is 2.41. The van der Waals surface area contributed by atoms with Crippen LogP contribution >= 0.6 is 0 Å². The number of hydrogen-bond donors (Lipinski definition) is 2. The van der Waals surface area contributed by atoms with Crippen LogP contribution in [0.15, 0.2) is 47.4 Å². The van der Waals surface area contributed by atoms with Gasteiger partial charge in [-0.15, -0.1) is 0 Å². The first-order chi connectivity index (χ1) is 16.6. The molecule has 34 heavy (non-hydrogen) atoms. The van der Waals surface area contributed by atoms with Crippen molar-refractivity contribution in [3.8, 4) is 5.82 Å². The molecule has 3 aliphatic rings. The molecule has 0 saturated heterocycles. The van der Waals surface area contributed by atoms with Crippen LogP contribution in [0.2, 0.25) is 0 Å². The molecule has 3 aromatic heterocycles. The monoisotopic (exact) mass is 453 g/mol. The van der Waals surface area contributed by atoms with Crippen LogP contribution in [0.4, 0.5) is 11.6 Å². The maximum Gasteiger partial charge on any atom is 0.278 e. The van der Waals surface area contributed by atoms with Gasteiger partial charge < -0.3 is 10.6 Å². The Morgan fingerprint density at radius 2 is 2.00 bits per heavy atom. The third-order valence-corrected chi connectivity index (χ3v) is 7.43. The van der Waals surface area contributed by atoms with Gasteiger partial charge in [-0.1, -0.05) is 19.1 Å². The first kappa shape index (κ1) is 19.9. The standard InChI is InChI=1S/C26H27N7O/c1-26(10-11-26)21-3-2-4-22(30-21)33-23-20(24(34)32(33)19-7-8-19)15-28-25(31-23)29-18-6-5-17-14-27-12-9-16(17)13-18/h2-6,13,15,19,27H,7-12,14H2,1H3,(H,28,29,31). The van der Waals surface area contributed by atoms with E-state index in [2.05, 4.69) is 46.8 Å². The smallest absolute Gasteiger partial charge is 0.278 e. The summed E-state index contributed by atoms with van der Waals surface area (Å²) in [5, 5.41) is 7.29. The van der Waals surface area contributed by atoms with Crippen LogP contribution in [0.5, 0.6) is 0 Å². The maximum absolute atomic E-state index is 13.3. The zero-order valence-electron chi connectivity index (χ0n) is 19.2. The molecular formula is C26H27N7O. The molecule has 1 aliphatic heterocycles. The number of pyridine rings is 1. The minimum absolute atomic E-state index is 0.0461. The van der Waals surface area contributed by atoms with Gasteiger partial charge in [-0.05, 0) is 74.0 Å². The van der Waals surface area contributed by atoms with Gasteiger partial charge in [0.25, 0.3) is 5.56 Å². The van der Waals surface area contributed by atoms with E-state index in [1.54, 1.807) is 6.20 Å². The Kier molecular flexibility index (Phi) is 4.24. The van der Waals surface area contributed by atoms with Crippen LogP contribution in [-0.4, -0.2) is 30.9 Å². The second-order valence-electron chi connectivity index (χ2n) is 10.1. The highest BCUT2D eigenvalue weighted by atomic mass is 16.1. The zero-order chi connectivity index (χ0) is 22.9. The van der Waals surface area contributed by atoms with Gasteiger partial charge in [0.05, 0.1) is 6.04 Å². The zero-order valence-corrected chi connectivity index (χ0v) is 19.2. The van der Waals surface area contributed by atoms with E-state index in [1.807, 2.05) is 21.5 Å². The third-order valence-electron chi connectivity index (χ3n) is 7.43. The molecule has 8 nitrogen and oxygen atoms in total. The van der Waals surface area contributed by atoms with Gasteiger partial charge in [0.1, 0.15) is 5.39 Å². The molecule has 2 N–H and O–H groups in total. The lowest BCUT2D eigenvalue weighted by atomic mass is 10.0. The highest BCUT2D eigenvalue weighted by Crippen LogP contribution is 2.46. The van der Waals surface area contributed by atoms with E-state index in [0.717, 1.165) is 62.4 Å². The van der Waals surface area contributed by atoms with Gasteiger partial charge in [0, 0.05) is 29.5 Å². The molecule has 7 rings (SSSR count). The Morgan fingerprint density at radius 3 is 2.82 bits per heavy atom. The van der Waals surface area contributed by atoms with Crippen molar-refractivity contribution in [3.05, 3.63) is 69.8 Å². The van der Waals surface area contributed by atoms with Gasteiger partial charge in [-0.3, -0.25) is 4.79 Å². The van der Waals surface area contributed by atoms with E-state index in [-0.39, 0.29) is 17.0 Å². The summed E-state index contributed by atoms with van der Waals surface area (Å²) in [6, 6.07) is 12.7. The van der Waals surface area contributed by atoms with E-state index in [1.165, 1.54) is 11.1 Å². The Labute approximate surface area is 197 Å². The fourth-order valence-electron chi connectivity index (χ4n) is 4.93. The van der Waals surface area contributed by atoms with E-state index >= 15 is 0 Å². The van der Waals surface area contributed by atoms with Crippen molar-refractivity contribution in [2.24, 2.45) is 0 Å². The topological polar surface area (TPSA) is 89.7 Å². The molecule has 0 atom stereocenters. The van der Waals surface area contributed by atoms with Crippen molar-refractivity contribution < 1.29 is 0 Å². The lowest BCUT2D eigenvalue weighted by Gasteiger charge is -2.18. The SMILES string of the molecule is CC1(c2cccc(-n3c4nc(Nc5ccc6c(c5)CCNC6)ncc4c(=O)n3C3CC3)n2)CC1. The molecule has 4 aromatic rings. The number of fused-ring (bicyclic) bond motifs is 2. The van der Waals surface area contributed by atoms with Crippen LogP contribution < -0.4 is 16.2 Å². The van der Waals surface area contributed by atoms with Gasteiger partial charge in [0.15, 0.2) is 11.5 Å². The molecule has 2 aliphatic carbocycles. The molecule has 0 spiro atoms. The van der Waals surface area contributed by atoms with Gasteiger partial charge in [-0.25, -0.2) is 19.3 Å². The Balaban J connectivity index is 1.34. The van der Waals surface area contributed by atoms with Gasteiger partial charge in [-0.2, -0.15) is 4.98 Å². The Morgan fingerprint density at radius 1 is 1.12 bits per heavy atom. The van der Waals surface area contributed by atoms with Crippen molar-refractivity contribution in [3.63, 3.8) is 0 Å². The summed E-state index contributed by atoms with van der Waals surface area (Å²) in [6.45, 7) is 4.15. The first-order valence-corrected chi connectivity index (χ1v) is 12.2. The Bertz CT molecular complexity index is 1490. The van der Waals surface area contributed by atoms with Crippen molar-refractivity contribution in [1.82, 2.24) is 29.6 Å². The minimum Gasteiger partial charge on any atom is -0.324 e. The summed E-state index contributed by atoms with van der Waals surface area (Å²) in [5.74, 6) is 1.23. The summed E-state index contributed by atoms with van der Waals surface area (Å²) in [4.78, 5) is 27.6. The van der Waals surface area contributed by atoms with E-state index < -0.39 is 0 Å². The lowest BCUT2D eigenvalue weighted by Crippen LogP contribution is -2.23. The second-order valence-corrected chi connectivity index (χ2v) is 10.1.